The molecule has 4 aromatic carbocycles. The molecule has 4 aromatic rings. The van der Waals surface area contributed by atoms with Gasteiger partial charge in [-0.25, -0.2) is 0 Å². The van der Waals surface area contributed by atoms with Gasteiger partial charge in [0, 0.05) is 8.95 Å². The lowest BCUT2D eigenvalue weighted by molar-refractivity contribution is 1.46. The van der Waals surface area contributed by atoms with Gasteiger partial charge in [-0.2, -0.15) is 0 Å². The first-order chi connectivity index (χ1) is 11.5. The van der Waals surface area contributed by atoms with Crippen LogP contribution in [-0.2, 0) is 0 Å². The van der Waals surface area contributed by atoms with Crippen molar-refractivity contribution in [3.63, 3.8) is 0 Å². The highest BCUT2D eigenvalue weighted by atomic mass is 79.9. The molecule has 0 radical (unpaired) electrons. The number of hydrogen-bond donors (Lipinski definition) is 0. The molecule has 0 spiro atoms. The van der Waals surface area contributed by atoms with Crippen molar-refractivity contribution < 1.29 is 0 Å². The summed E-state index contributed by atoms with van der Waals surface area (Å²) in [6.45, 7) is 4.29. The van der Waals surface area contributed by atoms with E-state index >= 15 is 0 Å². The average molecular weight is 440 g/mol. The molecule has 0 fully saturated rings. The Bertz CT molecular complexity index is 1000. The zero-order valence-corrected chi connectivity index (χ0v) is 16.7. The van der Waals surface area contributed by atoms with Gasteiger partial charge in [0.2, 0.25) is 0 Å². The van der Waals surface area contributed by atoms with Crippen molar-refractivity contribution in [3.05, 3.63) is 80.7 Å². The predicted molar refractivity (Wildman–Crippen MR) is 112 cm³/mol. The third kappa shape index (κ3) is 2.58. The summed E-state index contributed by atoms with van der Waals surface area (Å²) < 4.78 is 2.31. The molecule has 0 heterocycles. The number of halogens is 2. The average Bonchev–Trinajstić information content (AvgIpc) is 2.56. The maximum atomic E-state index is 3.65. The fourth-order valence-corrected chi connectivity index (χ4v) is 4.00. The van der Waals surface area contributed by atoms with Gasteiger partial charge in [-0.1, -0.05) is 68.3 Å². The lowest BCUT2D eigenvalue weighted by Crippen LogP contribution is -1.87. The van der Waals surface area contributed by atoms with Crippen molar-refractivity contribution in [2.75, 3.05) is 0 Å². The first-order valence-electron chi connectivity index (χ1n) is 7.93. The quantitative estimate of drug-likeness (QED) is 0.283. The van der Waals surface area contributed by atoms with Crippen LogP contribution in [0.2, 0.25) is 0 Å². The Morgan fingerprint density at radius 2 is 1.00 bits per heavy atom. The number of rotatable bonds is 1. The maximum Gasteiger partial charge on any atom is 0.0210 e. The number of aryl methyl sites for hydroxylation is 2. The summed E-state index contributed by atoms with van der Waals surface area (Å²) in [5.74, 6) is 0. The van der Waals surface area contributed by atoms with Gasteiger partial charge in [0.1, 0.15) is 0 Å². The standard InChI is InChI=1S/C22H16Br2/c1-13-9-19-15(11-21(13)23)5-3-7-17(19)18-8-4-6-16-12-22(24)14(2)10-20(16)18/h3-12H,1-2H3. The van der Waals surface area contributed by atoms with Gasteiger partial charge in [0.25, 0.3) is 0 Å². The molecule has 0 atom stereocenters. The van der Waals surface area contributed by atoms with E-state index in [1.165, 1.54) is 43.8 Å². The number of hydrogen-bond acceptors (Lipinski definition) is 0. The fraction of sp³-hybridized carbons (Fsp3) is 0.0909. The van der Waals surface area contributed by atoms with Crippen molar-refractivity contribution >= 4 is 53.4 Å². The third-order valence-corrected chi connectivity index (χ3v) is 6.32. The summed E-state index contributed by atoms with van der Waals surface area (Å²) in [6.07, 6.45) is 0. The molecule has 24 heavy (non-hydrogen) atoms. The molecule has 0 N–H and O–H groups in total. The van der Waals surface area contributed by atoms with Crippen molar-refractivity contribution in [2.45, 2.75) is 13.8 Å². The summed E-state index contributed by atoms with van der Waals surface area (Å²) in [7, 11) is 0. The molecule has 4 rings (SSSR count). The van der Waals surface area contributed by atoms with E-state index in [-0.39, 0.29) is 0 Å². The van der Waals surface area contributed by atoms with Crippen LogP contribution >= 0.6 is 31.9 Å². The summed E-state index contributed by atoms with van der Waals surface area (Å²) in [5, 5.41) is 5.11. The van der Waals surface area contributed by atoms with Crippen molar-refractivity contribution in [2.24, 2.45) is 0 Å². The van der Waals surface area contributed by atoms with Gasteiger partial charge in [0.15, 0.2) is 0 Å². The SMILES string of the molecule is Cc1cc2c(-c3cccc4cc(Br)c(C)cc34)cccc2cc1Br. The van der Waals surface area contributed by atoms with E-state index in [1.54, 1.807) is 0 Å². The third-order valence-electron chi connectivity index (χ3n) is 4.61. The molecule has 118 valence electrons. The molecule has 0 unspecified atom stereocenters. The highest BCUT2D eigenvalue weighted by Crippen LogP contribution is 2.37. The van der Waals surface area contributed by atoms with E-state index in [0.29, 0.717) is 0 Å². The molecular formula is C22H16Br2. The molecule has 0 saturated heterocycles. The summed E-state index contributed by atoms with van der Waals surface area (Å²) in [6, 6.07) is 22.1. The van der Waals surface area contributed by atoms with E-state index in [9.17, 15) is 0 Å². The van der Waals surface area contributed by atoms with Crippen LogP contribution in [0.1, 0.15) is 11.1 Å². The predicted octanol–water partition coefficient (Wildman–Crippen LogP) is 7.80. The minimum atomic E-state index is 1.16. The topological polar surface area (TPSA) is 0 Å². The van der Waals surface area contributed by atoms with Crippen LogP contribution in [0, 0.1) is 13.8 Å². The molecule has 0 bridgehead atoms. The van der Waals surface area contributed by atoms with E-state index in [0.717, 1.165) is 8.95 Å². The van der Waals surface area contributed by atoms with Crippen LogP contribution < -0.4 is 0 Å². The molecular weight excluding hydrogens is 424 g/mol. The normalized spacial score (nSPS) is 11.3. The van der Waals surface area contributed by atoms with Crippen LogP contribution in [0.3, 0.4) is 0 Å². The van der Waals surface area contributed by atoms with Gasteiger partial charge in [-0.05, 0) is 81.9 Å². The lowest BCUT2D eigenvalue weighted by Gasteiger charge is -2.13. The Kier molecular flexibility index (Phi) is 3.98. The van der Waals surface area contributed by atoms with E-state index in [1.807, 2.05) is 0 Å². The number of benzene rings is 4. The number of fused-ring (bicyclic) bond motifs is 2. The minimum absolute atomic E-state index is 1.16. The lowest BCUT2D eigenvalue weighted by atomic mass is 9.92. The van der Waals surface area contributed by atoms with Gasteiger partial charge in [0.05, 0.1) is 0 Å². The van der Waals surface area contributed by atoms with Crippen LogP contribution in [-0.4, -0.2) is 0 Å². The molecule has 0 nitrogen and oxygen atoms in total. The van der Waals surface area contributed by atoms with Crippen LogP contribution in [0.5, 0.6) is 0 Å². The fourth-order valence-electron chi connectivity index (χ4n) is 3.28. The molecule has 0 amide bonds. The van der Waals surface area contributed by atoms with E-state index in [2.05, 4.69) is 106 Å². The highest BCUT2D eigenvalue weighted by Gasteiger charge is 2.10. The zero-order valence-electron chi connectivity index (χ0n) is 13.5. The second-order valence-corrected chi connectivity index (χ2v) is 7.96. The largest absolute Gasteiger partial charge is 0.0610 e. The second kappa shape index (κ2) is 6.02. The van der Waals surface area contributed by atoms with Gasteiger partial charge >= 0.3 is 0 Å². The Labute approximate surface area is 158 Å². The Balaban J connectivity index is 2.10. The van der Waals surface area contributed by atoms with Crippen LogP contribution in [0.15, 0.2) is 69.6 Å². The van der Waals surface area contributed by atoms with Crippen LogP contribution in [0.25, 0.3) is 32.7 Å². The monoisotopic (exact) mass is 438 g/mol. The van der Waals surface area contributed by atoms with E-state index < -0.39 is 0 Å². The van der Waals surface area contributed by atoms with Crippen molar-refractivity contribution in [1.29, 1.82) is 0 Å². The maximum absolute atomic E-state index is 3.65. The Morgan fingerprint density at radius 1 is 0.583 bits per heavy atom. The van der Waals surface area contributed by atoms with Gasteiger partial charge in [-0.15, -0.1) is 0 Å². The second-order valence-electron chi connectivity index (χ2n) is 6.26. The first-order valence-corrected chi connectivity index (χ1v) is 9.51. The Hall–Kier alpha value is -1.64. The van der Waals surface area contributed by atoms with Crippen molar-refractivity contribution in [3.8, 4) is 11.1 Å². The zero-order chi connectivity index (χ0) is 16.8. The molecule has 0 aliphatic carbocycles. The van der Waals surface area contributed by atoms with Gasteiger partial charge in [-0.3, -0.25) is 0 Å². The molecule has 0 aromatic heterocycles. The molecule has 0 aliphatic rings. The van der Waals surface area contributed by atoms with Gasteiger partial charge < -0.3 is 0 Å². The van der Waals surface area contributed by atoms with Crippen molar-refractivity contribution in [1.82, 2.24) is 0 Å². The summed E-state index contributed by atoms with van der Waals surface area (Å²) in [5.41, 5.74) is 5.09. The highest BCUT2D eigenvalue weighted by molar-refractivity contribution is 9.10. The first kappa shape index (κ1) is 15.9. The summed E-state index contributed by atoms with van der Waals surface area (Å²) in [4.78, 5) is 0. The minimum Gasteiger partial charge on any atom is -0.0610 e. The Morgan fingerprint density at radius 3 is 1.42 bits per heavy atom. The molecule has 0 saturated carbocycles. The van der Waals surface area contributed by atoms with E-state index in [4.69, 9.17) is 0 Å². The summed E-state index contributed by atoms with van der Waals surface area (Å²) >= 11 is 7.30. The van der Waals surface area contributed by atoms with Crippen LogP contribution in [0.4, 0.5) is 0 Å². The molecule has 0 aliphatic heterocycles. The smallest absolute Gasteiger partial charge is 0.0210 e. The molecule has 2 heteroatoms.